The van der Waals surface area contributed by atoms with Gasteiger partial charge in [-0.1, -0.05) is 0 Å². The highest BCUT2D eigenvalue weighted by Gasteiger charge is 2.32. The van der Waals surface area contributed by atoms with Gasteiger partial charge in [0.1, 0.15) is 0 Å². The summed E-state index contributed by atoms with van der Waals surface area (Å²) in [7, 11) is 0. The lowest BCUT2D eigenvalue weighted by Gasteiger charge is -2.23. The van der Waals surface area contributed by atoms with Gasteiger partial charge in [-0.25, -0.2) is 4.79 Å². The van der Waals surface area contributed by atoms with Gasteiger partial charge in [0.05, 0.1) is 13.2 Å². The number of nitrogens with two attached hydrogens (primary N) is 1. The van der Waals surface area contributed by atoms with Gasteiger partial charge in [-0.2, -0.15) is 0 Å². The number of carbonyl (C=O) groups is 2. The van der Waals surface area contributed by atoms with Gasteiger partial charge in [-0.15, -0.1) is 0 Å². The molecule has 2 aliphatic rings. The zero-order valence-electron chi connectivity index (χ0n) is 9.85. The smallest absolute Gasteiger partial charge is 0.318 e. The molecule has 2 rings (SSSR count). The van der Waals surface area contributed by atoms with Crippen LogP contribution < -0.4 is 11.1 Å². The molecule has 0 aromatic carbocycles. The number of primary amides is 1. The van der Waals surface area contributed by atoms with Crippen molar-refractivity contribution in [3.05, 3.63) is 0 Å². The standard InChI is InChI=1S/C11H19N3O3/c12-11(16)13-10(15)6-14(9-1-2-9)5-8-3-4-17-7-8/h8-9H,1-7H2,(H3,12,13,15,16). The fraction of sp³-hybridized carbons (Fsp3) is 0.818. The van der Waals surface area contributed by atoms with E-state index >= 15 is 0 Å². The summed E-state index contributed by atoms with van der Waals surface area (Å²) in [5, 5.41) is 2.11. The van der Waals surface area contributed by atoms with Crippen molar-refractivity contribution in [3.8, 4) is 0 Å². The number of hydrogen-bond acceptors (Lipinski definition) is 4. The Morgan fingerprint density at radius 1 is 1.35 bits per heavy atom. The molecule has 6 nitrogen and oxygen atoms in total. The van der Waals surface area contributed by atoms with E-state index in [1.807, 2.05) is 0 Å². The van der Waals surface area contributed by atoms with Gasteiger partial charge >= 0.3 is 6.03 Å². The Morgan fingerprint density at radius 3 is 2.65 bits per heavy atom. The van der Waals surface area contributed by atoms with Gasteiger partial charge in [0.2, 0.25) is 5.91 Å². The van der Waals surface area contributed by atoms with Crippen LogP contribution in [-0.2, 0) is 9.53 Å². The molecule has 0 radical (unpaired) electrons. The minimum absolute atomic E-state index is 0.254. The van der Waals surface area contributed by atoms with Crippen LogP contribution in [0.4, 0.5) is 4.79 Å². The Hall–Kier alpha value is -1.14. The summed E-state index contributed by atoms with van der Waals surface area (Å²) in [5.41, 5.74) is 4.92. The van der Waals surface area contributed by atoms with E-state index in [0.29, 0.717) is 12.0 Å². The summed E-state index contributed by atoms with van der Waals surface area (Å²) < 4.78 is 5.33. The third-order valence-corrected chi connectivity index (χ3v) is 3.19. The first-order chi connectivity index (χ1) is 8.15. The lowest BCUT2D eigenvalue weighted by Crippen LogP contribution is -2.44. The van der Waals surface area contributed by atoms with Crippen molar-refractivity contribution in [2.45, 2.75) is 25.3 Å². The molecule has 1 heterocycles. The van der Waals surface area contributed by atoms with Gasteiger partial charge in [0.15, 0.2) is 0 Å². The highest BCUT2D eigenvalue weighted by Crippen LogP contribution is 2.28. The van der Waals surface area contributed by atoms with E-state index in [0.717, 1.165) is 39.0 Å². The largest absolute Gasteiger partial charge is 0.381 e. The van der Waals surface area contributed by atoms with E-state index in [9.17, 15) is 9.59 Å². The summed E-state index contributed by atoms with van der Waals surface area (Å²) >= 11 is 0. The van der Waals surface area contributed by atoms with Gasteiger partial charge in [-0.05, 0) is 25.2 Å². The molecule has 1 aliphatic carbocycles. The van der Waals surface area contributed by atoms with Crippen LogP contribution in [0.2, 0.25) is 0 Å². The Balaban J connectivity index is 1.79. The SMILES string of the molecule is NC(=O)NC(=O)CN(CC1CCOC1)C1CC1. The maximum absolute atomic E-state index is 11.5. The van der Waals surface area contributed by atoms with E-state index in [2.05, 4.69) is 10.2 Å². The fourth-order valence-corrected chi connectivity index (χ4v) is 2.20. The zero-order valence-corrected chi connectivity index (χ0v) is 9.85. The Kier molecular flexibility index (Phi) is 3.96. The number of carbonyl (C=O) groups excluding carboxylic acids is 2. The molecule has 1 saturated carbocycles. The molecule has 2 fully saturated rings. The second-order valence-corrected chi connectivity index (χ2v) is 4.80. The molecule has 0 spiro atoms. The van der Waals surface area contributed by atoms with E-state index < -0.39 is 6.03 Å². The first-order valence-electron chi connectivity index (χ1n) is 6.06. The van der Waals surface area contributed by atoms with Gasteiger partial charge in [-0.3, -0.25) is 15.0 Å². The third-order valence-electron chi connectivity index (χ3n) is 3.19. The Morgan fingerprint density at radius 2 is 2.12 bits per heavy atom. The van der Waals surface area contributed by atoms with Crippen molar-refractivity contribution >= 4 is 11.9 Å². The van der Waals surface area contributed by atoms with E-state index in [4.69, 9.17) is 10.5 Å². The van der Waals surface area contributed by atoms with Crippen molar-refractivity contribution < 1.29 is 14.3 Å². The molecular weight excluding hydrogens is 222 g/mol. The monoisotopic (exact) mass is 241 g/mol. The maximum Gasteiger partial charge on any atom is 0.318 e. The predicted molar refractivity (Wildman–Crippen MR) is 61.2 cm³/mol. The number of nitrogens with zero attached hydrogens (tertiary/aromatic N) is 1. The molecule has 0 aromatic rings. The van der Waals surface area contributed by atoms with Crippen LogP contribution in [0.15, 0.2) is 0 Å². The molecule has 96 valence electrons. The van der Waals surface area contributed by atoms with Crippen LogP contribution in [0.3, 0.4) is 0 Å². The highest BCUT2D eigenvalue weighted by molar-refractivity contribution is 5.94. The zero-order chi connectivity index (χ0) is 12.3. The van der Waals surface area contributed by atoms with Crippen molar-refractivity contribution in [3.63, 3.8) is 0 Å². The molecule has 1 unspecified atom stereocenters. The summed E-state index contributed by atoms with van der Waals surface area (Å²) in [6.07, 6.45) is 3.33. The van der Waals surface area contributed by atoms with E-state index in [1.54, 1.807) is 0 Å². The number of imide groups is 1. The molecule has 3 amide bonds. The molecule has 0 bridgehead atoms. The highest BCUT2D eigenvalue weighted by atomic mass is 16.5. The average molecular weight is 241 g/mol. The number of rotatable bonds is 5. The molecular formula is C11H19N3O3. The molecule has 1 aliphatic heterocycles. The normalized spacial score (nSPS) is 23.9. The molecule has 17 heavy (non-hydrogen) atoms. The van der Waals surface area contributed by atoms with Crippen molar-refractivity contribution in [2.75, 3.05) is 26.3 Å². The second-order valence-electron chi connectivity index (χ2n) is 4.80. The van der Waals surface area contributed by atoms with E-state index in [-0.39, 0.29) is 12.5 Å². The maximum atomic E-state index is 11.5. The molecule has 1 atom stereocenters. The number of amides is 3. The van der Waals surface area contributed by atoms with Crippen LogP contribution >= 0.6 is 0 Å². The Bertz CT molecular complexity index is 298. The van der Waals surface area contributed by atoms with Crippen LogP contribution in [0.1, 0.15) is 19.3 Å². The van der Waals surface area contributed by atoms with Crippen LogP contribution in [0.25, 0.3) is 0 Å². The first kappa shape index (κ1) is 12.3. The van der Waals surface area contributed by atoms with Crippen LogP contribution in [0, 0.1) is 5.92 Å². The summed E-state index contributed by atoms with van der Waals surface area (Å²) in [6, 6.07) is -0.288. The fourth-order valence-electron chi connectivity index (χ4n) is 2.20. The van der Waals surface area contributed by atoms with E-state index in [1.165, 1.54) is 0 Å². The topological polar surface area (TPSA) is 84.7 Å². The molecule has 3 N–H and O–H groups in total. The average Bonchev–Trinajstić information content (AvgIpc) is 2.96. The molecule has 6 heteroatoms. The number of ether oxygens (including phenoxy) is 1. The number of hydrogen-bond donors (Lipinski definition) is 2. The van der Waals surface area contributed by atoms with Crippen molar-refractivity contribution in [1.29, 1.82) is 0 Å². The van der Waals surface area contributed by atoms with Crippen molar-refractivity contribution in [1.82, 2.24) is 10.2 Å². The summed E-state index contributed by atoms with van der Waals surface area (Å²) in [6.45, 7) is 2.72. The van der Waals surface area contributed by atoms with Crippen molar-refractivity contribution in [2.24, 2.45) is 11.7 Å². The lowest BCUT2D eigenvalue weighted by atomic mass is 10.1. The third kappa shape index (κ3) is 3.98. The molecule has 0 aromatic heterocycles. The van der Waals surface area contributed by atoms with Crippen LogP contribution in [-0.4, -0.2) is 49.2 Å². The number of urea groups is 1. The predicted octanol–water partition coefficient (Wildman–Crippen LogP) is -0.318. The van der Waals surface area contributed by atoms with Crippen LogP contribution in [0.5, 0.6) is 0 Å². The second kappa shape index (κ2) is 5.46. The minimum Gasteiger partial charge on any atom is -0.381 e. The summed E-state index contributed by atoms with van der Waals surface area (Å²) in [4.78, 5) is 24.2. The first-order valence-corrected chi connectivity index (χ1v) is 6.06. The lowest BCUT2D eigenvalue weighted by molar-refractivity contribution is -0.121. The van der Waals surface area contributed by atoms with Gasteiger partial charge < -0.3 is 10.5 Å². The number of nitrogens with one attached hydrogen (secondary N) is 1. The molecule has 1 saturated heterocycles. The minimum atomic E-state index is -0.782. The quantitative estimate of drug-likeness (QED) is 0.691. The van der Waals surface area contributed by atoms with Gasteiger partial charge in [0, 0.05) is 19.2 Å². The Labute approximate surface area is 100 Å². The summed E-state index contributed by atoms with van der Waals surface area (Å²) in [5.74, 6) is 0.195. The van der Waals surface area contributed by atoms with Gasteiger partial charge in [0.25, 0.3) is 0 Å².